The van der Waals surface area contributed by atoms with Gasteiger partial charge in [0.2, 0.25) is 5.91 Å². The molecule has 0 spiro atoms. The van der Waals surface area contributed by atoms with Gasteiger partial charge in [0.25, 0.3) is 0 Å². The van der Waals surface area contributed by atoms with Gasteiger partial charge >= 0.3 is 0 Å². The van der Waals surface area contributed by atoms with Crippen LogP contribution >= 0.6 is 12.2 Å². The molecule has 2 aliphatic heterocycles. The number of ether oxygens (including phenoxy) is 1. The predicted molar refractivity (Wildman–Crippen MR) is 167 cm³/mol. The fourth-order valence-electron chi connectivity index (χ4n) is 6.12. The van der Waals surface area contributed by atoms with Crippen LogP contribution in [0.5, 0.6) is 0 Å². The van der Waals surface area contributed by atoms with E-state index in [-0.39, 0.29) is 18.0 Å². The average molecular weight is 575 g/mol. The van der Waals surface area contributed by atoms with Crippen molar-refractivity contribution in [1.29, 1.82) is 0 Å². The quantitative estimate of drug-likeness (QED) is 0.319. The third-order valence-electron chi connectivity index (χ3n) is 8.34. The minimum atomic E-state index is -0.102. The Hall–Kier alpha value is -3.27. The monoisotopic (exact) mass is 574 g/mol. The van der Waals surface area contributed by atoms with E-state index in [0.29, 0.717) is 18.1 Å². The number of thiocarbonyl (C=S) groups is 1. The molecule has 2 aliphatic rings. The topological polar surface area (TPSA) is 74.7 Å². The van der Waals surface area contributed by atoms with E-state index in [1.165, 1.54) is 17.0 Å². The normalized spacial score (nSPS) is 19.4. The summed E-state index contributed by atoms with van der Waals surface area (Å²) in [7, 11) is 0. The van der Waals surface area contributed by atoms with Gasteiger partial charge in [0, 0.05) is 62.4 Å². The molecule has 3 aromatic rings. The van der Waals surface area contributed by atoms with E-state index in [1.807, 2.05) is 42.6 Å². The number of pyridine rings is 1. The SMILES string of the molecule is CCc1ccccc1NC(=O)CCN1C(=S)N[C@@H](c2ccccn2)[C@@H]1c1cc(C)n(CCCN2CCOCC2)c1C. The van der Waals surface area contributed by atoms with E-state index < -0.39 is 0 Å². The van der Waals surface area contributed by atoms with E-state index >= 15 is 0 Å². The number of amides is 1. The number of aromatic nitrogens is 2. The van der Waals surface area contributed by atoms with Crippen molar-refractivity contribution in [2.45, 2.75) is 58.7 Å². The van der Waals surface area contributed by atoms with Crippen LogP contribution in [-0.2, 0) is 22.5 Å². The van der Waals surface area contributed by atoms with Crippen molar-refractivity contribution < 1.29 is 9.53 Å². The fraction of sp³-hybridized carbons (Fsp3) is 0.469. The van der Waals surface area contributed by atoms with Gasteiger partial charge in [0.05, 0.1) is 31.0 Å². The van der Waals surface area contributed by atoms with E-state index in [4.69, 9.17) is 17.0 Å². The second kappa shape index (κ2) is 13.6. The largest absolute Gasteiger partial charge is 0.379 e. The Labute approximate surface area is 249 Å². The number of nitrogens with one attached hydrogen (secondary N) is 2. The summed E-state index contributed by atoms with van der Waals surface area (Å²) in [6.45, 7) is 12.7. The zero-order valence-corrected chi connectivity index (χ0v) is 25.3. The summed E-state index contributed by atoms with van der Waals surface area (Å²) < 4.78 is 7.93. The molecule has 1 aromatic carbocycles. The molecule has 0 bridgehead atoms. The first-order valence-electron chi connectivity index (χ1n) is 14.8. The zero-order valence-electron chi connectivity index (χ0n) is 24.4. The van der Waals surface area contributed by atoms with Crippen molar-refractivity contribution >= 4 is 28.9 Å². The maximum absolute atomic E-state index is 13.1. The first-order valence-corrected chi connectivity index (χ1v) is 15.2. The van der Waals surface area contributed by atoms with Crippen LogP contribution in [0.1, 0.15) is 60.1 Å². The van der Waals surface area contributed by atoms with E-state index in [0.717, 1.165) is 69.2 Å². The molecule has 9 heteroatoms. The van der Waals surface area contributed by atoms with Crippen LogP contribution in [0.3, 0.4) is 0 Å². The van der Waals surface area contributed by atoms with Crippen molar-refractivity contribution in [3.8, 4) is 0 Å². The smallest absolute Gasteiger partial charge is 0.226 e. The molecule has 4 heterocycles. The number of benzene rings is 1. The number of rotatable bonds is 11. The Balaban J connectivity index is 1.34. The van der Waals surface area contributed by atoms with Gasteiger partial charge < -0.3 is 24.8 Å². The van der Waals surface area contributed by atoms with Crippen LogP contribution in [0.15, 0.2) is 54.7 Å². The van der Waals surface area contributed by atoms with E-state index in [1.54, 1.807) is 0 Å². The number of hydrogen-bond acceptors (Lipinski definition) is 5. The highest BCUT2D eigenvalue weighted by atomic mass is 32.1. The minimum absolute atomic E-state index is 0.0117. The third-order valence-corrected chi connectivity index (χ3v) is 8.69. The predicted octanol–water partition coefficient (Wildman–Crippen LogP) is 4.79. The standard InChI is InChI=1S/C32H42N6O2S/c1-4-25-10-5-6-11-27(25)34-29(39)13-17-38-31(30(35-32(38)41)28-12-7-8-14-33-28)26-22-23(2)37(24(26)3)16-9-15-36-18-20-40-21-19-36/h5-8,10-12,14,22,30-31H,4,9,13,15-21H2,1-3H3,(H,34,39)(H,35,41)/t30-,31-/m0/s1. The summed E-state index contributed by atoms with van der Waals surface area (Å²) in [4.78, 5) is 22.4. The molecule has 2 fully saturated rings. The number of carbonyl (C=O) groups is 1. The van der Waals surface area contributed by atoms with Crippen molar-refractivity contribution in [2.75, 3.05) is 44.7 Å². The lowest BCUT2D eigenvalue weighted by Gasteiger charge is -2.28. The van der Waals surface area contributed by atoms with E-state index in [9.17, 15) is 4.79 Å². The van der Waals surface area contributed by atoms with Gasteiger partial charge in [-0.1, -0.05) is 31.2 Å². The van der Waals surface area contributed by atoms with Crippen LogP contribution in [0.2, 0.25) is 0 Å². The van der Waals surface area contributed by atoms with Crippen LogP contribution in [0.4, 0.5) is 5.69 Å². The number of morpholine rings is 1. The summed E-state index contributed by atoms with van der Waals surface area (Å²) in [5, 5.41) is 7.31. The van der Waals surface area contributed by atoms with E-state index in [2.05, 4.69) is 62.9 Å². The second-order valence-corrected chi connectivity index (χ2v) is 11.3. The Morgan fingerprint density at radius 1 is 1.10 bits per heavy atom. The van der Waals surface area contributed by atoms with Crippen LogP contribution in [-0.4, -0.2) is 69.8 Å². The highest BCUT2D eigenvalue weighted by Gasteiger charge is 2.41. The molecular weight excluding hydrogens is 532 g/mol. The van der Waals surface area contributed by atoms with Gasteiger partial charge in [0.15, 0.2) is 5.11 Å². The molecule has 0 radical (unpaired) electrons. The molecule has 1 amide bonds. The van der Waals surface area contributed by atoms with Gasteiger partial charge in [-0.15, -0.1) is 0 Å². The van der Waals surface area contributed by atoms with Crippen molar-refractivity contribution in [2.24, 2.45) is 0 Å². The first-order chi connectivity index (χ1) is 20.0. The van der Waals surface area contributed by atoms with Crippen LogP contribution < -0.4 is 10.6 Å². The molecule has 0 saturated carbocycles. The molecule has 2 N–H and O–H groups in total. The maximum atomic E-state index is 13.1. The van der Waals surface area contributed by atoms with Gasteiger partial charge in [-0.2, -0.15) is 0 Å². The molecule has 8 nitrogen and oxygen atoms in total. The Morgan fingerprint density at radius 3 is 2.63 bits per heavy atom. The summed E-state index contributed by atoms with van der Waals surface area (Å²) >= 11 is 5.87. The lowest BCUT2D eigenvalue weighted by Crippen LogP contribution is -2.37. The molecule has 0 unspecified atom stereocenters. The van der Waals surface area contributed by atoms with Crippen molar-refractivity contribution in [3.05, 3.63) is 82.9 Å². The molecule has 2 saturated heterocycles. The maximum Gasteiger partial charge on any atom is 0.226 e. The van der Waals surface area contributed by atoms with Crippen molar-refractivity contribution in [3.63, 3.8) is 0 Å². The Bertz CT molecular complexity index is 1340. The lowest BCUT2D eigenvalue weighted by atomic mass is 9.96. The number of aryl methyl sites for hydroxylation is 2. The summed E-state index contributed by atoms with van der Waals surface area (Å²) in [5.41, 5.74) is 6.67. The third kappa shape index (κ3) is 6.80. The van der Waals surface area contributed by atoms with Gasteiger partial charge in [-0.25, -0.2) is 0 Å². The van der Waals surface area contributed by atoms with Crippen LogP contribution in [0.25, 0.3) is 0 Å². The van der Waals surface area contributed by atoms with Gasteiger partial charge in [-0.3, -0.25) is 14.7 Å². The first kappa shape index (κ1) is 29.2. The molecule has 0 aliphatic carbocycles. The number of nitrogens with zero attached hydrogens (tertiary/aromatic N) is 4. The highest BCUT2D eigenvalue weighted by molar-refractivity contribution is 7.80. The fourth-order valence-corrected chi connectivity index (χ4v) is 6.45. The molecule has 5 rings (SSSR count). The summed E-state index contributed by atoms with van der Waals surface area (Å²) in [5.74, 6) is -0.0117. The summed E-state index contributed by atoms with van der Waals surface area (Å²) in [6, 6.07) is 16.1. The number of carbonyl (C=O) groups excluding carboxylic acids is 1. The van der Waals surface area contributed by atoms with Gasteiger partial charge in [0.1, 0.15) is 0 Å². The number of para-hydroxylation sites is 1. The summed E-state index contributed by atoms with van der Waals surface area (Å²) in [6.07, 6.45) is 4.12. The molecule has 2 atom stereocenters. The lowest BCUT2D eigenvalue weighted by molar-refractivity contribution is -0.116. The second-order valence-electron chi connectivity index (χ2n) is 10.9. The van der Waals surface area contributed by atoms with Crippen molar-refractivity contribution in [1.82, 2.24) is 24.7 Å². The molecule has 218 valence electrons. The van der Waals surface area contributed by atoms with Gasteiger partial charge in [-0.05, 0) is 74.3 Å². The highest BCUT2D eigenvalue weighted by Crippen LogP contribution is 2.41. The molecule has 2 aromatic heterocycles. The minimum Gasteiger partial charge on any atom is -0.379 e. The zero-order chi connectivity index (χ0) is 28.8. The van der Waals surface area contributed by atoms with Crippen LogP contribution in [0, 0.1) is 13.8 Å². The Kier molecular flexibility index (Phi) is 9.69. The average Bonchev–Trinajstić information content (AvgIpc) is 3.47. The number of hydrogen-bond donors (Lipinski definition) is 2. The molecular formula is C32H42N6O2S. The number of anilines is 1. The Morgan fingerprint density at radius 2 is 1.88 bits per heavy atom. The molecule has 41 heavy (non-hydrogen) atoms.